The quantitative estimate of drug-likeness (QED) is 0.176. The molecule has 0 heterocycles. The predicted molar refractivity (Wildman–Crippen MR) is 166 cm³/mol. The summed E-state index contributed by atoms with van der Waals surface area (Å²) in [6, 6.07) is 11.5. The number of Topliss-reactive ketones (excluding diaryl/α,β-unsaturated/α-hetero) is 1. The largest absolute Gasteiger partial charge is 0.493 e. The Morgan fingerprint density at radius 1 is 0.956 bits per heavy atom. The van der Waals surface area contributed by atoms with Crippen LogP contribution in [-0.2, 0) is 14.3 Å². The first-order valence-electron chi connectivity index (χ1n) is 15.3. The summed E-state index contributed by atoms with van der Waals surface area (Å²) in [5, 5.41) is 2.60. The molecule has 0 bridgehead atoms. The minimum absolute atomic E-state index is 0.0490. The first-order chi connectivity index (χ1) is 21.0. The second kappa shape index (κ2) is 14.6. The second-order valence-electron chi connectivity index (χ2n) is 12.3. The van der Waals surface area contributed by atoms with Crippen LogP contribution in [0.25, 0.3) is 0 Å². The van der Waals surface area contributed by atoms with E-state index in [9.17, 15) is 23.2 Å². The number of urea groups is 1. The van der Waals surface area contributed by atoms with Gasteiger partial charge in [-0.05, 0) is 78.6 Å². The van der Waals surface area contributed by atoms with Gasteiger partial charge in [0.25, 0.3) is 5.92 Å². The topological polar surface area (TPSA) is 103 Å². The van der Waals surface area contributed by atoms with Crippen molar-refractivity contribution in [1.82, 2.24) is 10.2 Å². The third-order valence-corrected chi connectivity index (χ3v) is 7.48. The number of amides is 2. The maximum absolute atomic E-state index is 14.2. The Morgan fingerprint density at radius 2 is 1.51 bits per heavy atom. The molecule has 248 valence electrons. The lowest BCUT2D eigenvalue weighted by molar-refractivity contribution is -0.190. The number of hydrogen-bond donors (Lipinski definition) is 1. The van der Waals surface area contributed by atoms with Crippen LogP contribution in [0.3, 0.4) is 0 Å². The van der Waals surface area contributed by atoms with Crippen molar-refractivity contribution in [2.24, 2.45) is 0 Å². The van der Waals surface area contributed by atoms with Crippen LogP contribution in [0.5, 0.6) is 11.5 Å². The van der Waals surface area contributed by atoms with E-state index in [-0.39, 0.29) is 43.8 Å². The molecular formula is C34H46F2N2O7. The molecule has 0 saturated heterocycles. The Balaban J connectivity index is 1.98. The number of alkyl halides is 2. The van der Waals surface area contributed by atoms with E-state index < -0.39 is 47.9 Å². The number of nitrogens with one attached hydrogen (secondary N) is 1. The lowest BCUT2D eigenvalue weighted by Crippen LogP contribution is -2.69. The van der Waals surface area contributed by atoms with Crippen LogP contribution in [0.4, 0.5) is 13.6 Å². The maximum Gasteiger partial charge on any atom is 0.332 e. The first-order valence-corrected chi connectivity index (χ1v) is 15.3. The number of nitrogens with zero attached hydrogens (tertiary/aromatic N) is 1. The number of esters is 1. The molecule has 0 spiro atoms. The SMILES string of the molecule is CCOc1cc(C(C)N(CCO[C@@H](C)c2ccccc2)C(=O)NC2(C(=O)OC(C)(C)C)CC(F)(F)C2)cc(OCC)c1C(C)=O. The van der Waals surface area contributed by atoms with E-state index in [0.29, 0.717) is 17.1 Å². The van der Waals surface area contributed by atoms with Crippen LogP contribution in [0, 0.1) is 0 Å². The molecule has 0 radical (unpaired) electrons. The van der Waals surface area contributed by atoms with Crippen molar-refractivity contribution < 1.29 is 42.1 Å². The van der Waals surface area contributed by atoms with Crippen LogP contribution in [0.2, 0.25) is 0 Å². The van der Waals surface area contributed by atoms with E-state index in [2.05, 4.69) is 5.32 Å². The zero-order valence-electron chi connectivity index (χ0n) is 27.5. The number of carbonyl (C=O) groups is 3. The summed E-state index contributed by atoms with van der Waals surface area (Å²) < 4.78 is 51.6. The number of carbonyl (C=O) groups excluding carboxylic acids is 3. The Hall–Kier alpha value is -3.73. The third-order valence-electron chi connectivity index (χ3n) is 7.48. The highest BCUT2D eigenvalue weighted by Crippen LogP contribution is 2.47. The van der Waals surface area contributed by atoms with E-state index in [1.165, 1.54) is 11.8 Å². The minimum atomic E-state index is -3.13. The molecule has 2 aromatic carbocycles. The Morgan fingerprint density at radius 3 is 1.98 bits per heavy atom. The van der Waals surface area contributed by atoms with Crippen molar-refractivity contribution in [3.8, 4) is 11.5 Å². The van der Waals surface area contributed by atoms with Gasteiger partial charge >= 0.3 is 12.0 Å². The summed E-state index contributed by atoms with van der Waals surface area (Å²) in [5.74, 6) is -3.69. The van der Waals surface area contributed by atoms with Gasteiger partial charge < -0.3 is 29.2 Å². The number of halogens is 2. The fraction of sp³-hybridized carbons (Fsp3) is 0.559. The molecule has 11 heteroatoms. The highest BCUT2D eigenvalue weighted by atomic mass is 19.3. The van der Waals surface area contributed by atoms with Gasteiger partial charge in [-0.15, -0.1) is 0 Å². The molecule has 9 nitrogen and oxygen atoms in total. The summed E-state index contributed by atoms with van der Waals surface area (Å²) in [6.45, 7) is 14.2. The minimum Gasteiger partial charge on any atom is -0.493 e. The lowest BCUT2D eigenvalue weighted by Gasteiger charge is -2.47. The molecule has 0 aliphatic heterocycles. The molecule has 45 heavy (non-hydrogen) atoms. The van der Waals surface area contributed by atoms with Gasteiger partial charge in [0.05, 0.1) is 32.0 Å². The molecule has 2 amide bonds. The zero-order valence-corrected chi connectivity index (χ0v) is 27.5. The normalized spacial score (nSPS) is 16.5. The number of benzene rings is 2. The van der Waals surface area contributed by atoms with Gasteiger partial charge in [-0.3, -0.25) is 4.79 Å². The highest BCUT2D eigenvalue weighted by molar-refractivity contribution is 6.00. The molecule has 1 aliphatic carbocycles. The van der Waals surface area contributed by atoms with Crippen molar-refractivity contribution in [1.29, 1.82) is 0 Å². The van der Waals surface area contributed by atoms with E-state index in [1.54, 1.807) is 53.7 Å². The van der Waals surface area contributed by atoms with Crippen molar-refractivity contribution in [2.45, 2.75) is 97.4 Å². The molecule has 1 saturated carbocycles. The number of hydrogen-bond acceptors (Lipinski definition) is 7. The van der Waals surface area contributed by atoms with E-state index in [4.69, 9.17) is 18.9 Å². The summed E-state index contributed by atoms with van der Waals surface area (Å²) >= 11 is 0. The lowest BCUT2D eigenvalue weighted by atomic mass is 9.73. The van der Waals surface area contributed by atoms with E-state index >= 15 is 0 Å². The average Bonchev–Trinajstić information content (AvgIpc) is 2.93. The number of rotatable bonds is 14. The highest BCUT2D eigenvalue weighted by Gasteiger charge is 2.63. The number of ether oxygens (including phenoxy) is 4. The van der Waals surface area contributed by atoms with Gasteiger partial charge in [-0.2, -0.15) is 0 Å². The molecule has 1 fully saturated rings. The summed E-state index contributed by atoms with van der Waals surface area (Å²) in [6.07, 6.45) is -2.03. The predicted octanol–water partition coefficient (Wildman–Crippen LogP) is 7.05. The Labute approximate surface area is 264 Å². The first kappa shape index (κ1) is 35.7. The van der Waals surface area contributed by atoms with Crippen LogP contribution in [0.15, 0.2) is 42.5 Å². The fourth-order valence-corrected chi connectivity index (χ4v) is 5.30. The third kappa shape index (κ3) is 9.15. The Bertz CT molecular complexity index is 1310. The van der Waals surface area contributed by atoms with E-state index in [1.807, 2.05) is 37.3 Å². The van der Waals surface area contributed by atoms with Gasteiger partial charge in [0.15, 0.2) is 11.3 Å². The van der Waals surface area contributed by atoms with Crippen LogP contribution in [-0.4, -0.2) is 66.1 Å². The summed E-state index contributed by atoms with van der Waals surface area (Å²) in [5.41, 5.74) is -1.03. The van der Waals surface area contributed by atoms with Gasteiger partial charge in [-0.25, -0.2) is 18.4 Å². The molecular weight excluding hydrogens is 586 g/mol. The second-order valence-corrected chi connectivity index (χ2v) is 12.3. The van der Waals surface area contributed by atoms with Crippen molar-refractivity contribution in [3.63, 3.8) is 0 Å². The summed E-state index contributed by atoms with van der Waals surface area (Å²) in [4.78, 5) is 41.1. The van der Waals surface area contributed by atoms with Gasteiger partial charge in [0, 0.05) is 19.4 Å². The zero-order chi connectivity index (χ0) is 33.6. The molecule has 0 aromatic heterocycles. The van der Waals surface area contributed by atoms with Gasteiger partial charge in [-0.1, -0.05) is 30.3 Å². The smallest absolute Gasteiger partial charge is 0.332 e. The fourth-order valence-electron chi connectivity index (χ4n) is 5.30. The standard InChI is InChI=1S/C34H46F2N2O7/c1-9-42-27-18-26(19-28(43-10-2)29(27)23(4)39)22(3)38(16-17-44-24(5)25-14-12-11-13-15-25)31(41)37-33(20-34(35,36)21-33)30(40)45-32(6,7)8/h11-15,18-19,22,24H,9-10,16-17,20-21H2,1-8H3,(H,37,41)/t22?,24-/m0/s1. The number of ketones is 1. The molecule has 2 atom stereocenters. The molecule has 1 aliphatic rings. The maximum atomic E-state index is 14.2. The van der Waals surface area contributed by atoms with Gasteiger partial charge in [0.2, 0.25) is 0 Å². The van der Waals surface area contributed by atoms with Crippen molar-refractivity contribution >= 4 is 17.8 Å². The van der Waals surface area contributed by atoms with Crippen LogP contribution >= 0.6 is 0 Å². The van der Waals surface area contributed by atoms with Gasteiger partial charge in [0.1, 0.15) is 22.7 Å². The molecule has 2 aromatic rings. The average molecular weight is 633 g/mol. The Kier molecular flexibility index (Phi) is 11.6. The van der Waals surface area contributed by atoms with Crippen molar-refractivity contribution in [2.75, 3.05) is 26.4 Å². The molecule has 1 unspecified atom stereocenters. The van der Waals surface area contributed by atoms with Crippen LogP contribution in [0.1, 0.15) is 102 Å². The monoisotopic (exact) mass is 632 g/mol. The molecule has 3 rings (SSSR count). The van der Waals surface area contributed by atoms with Crippen LogP contribution < -0.4 is 14.8 Å². The van der Waals surface area contributed by atoms with Crippen molar-refractivity contribution in [3.05, 3.63) is 59.2 Å². The molecule has 1 N–H and O–H groups in total. The van der Waals surface area contributed by atoms with E-state index in [0.717, 1.165) is 5.56 Å². The summed E-state index contributed by atoms with van der Waals surface area (Å²) in [7, 11) is 0.